The highest BCUT2D eigenvalue weighted by molar-refractivity contribution is 7.13. The van der Waals surface area contributed by atoms with Crippen LogP contribution >= 0.6 is 11.3 Å². The van der Waals surface area contributed by atoms with Crippen LogP contribution in [0.15, 0.2) is 30.5 Å². The van der Waals surface area contributed by atoms with Crippen molar-refractivity contribution in [2.75, 3.05) is 7.11 Å². The number of rotatable bonds is 4. The lowest BCUT2D eigenvalue weighted by atomic mass is 10.1. The molecule has 0 saturated heterocycles. The molecule has 0 aliphatic heterocycles. The van der Waals surface area contributed by atoms with Crippen LogP contribution in [-0.2, 0) is 24.2 Å². The molecular formula is C15H16N2O2S. The molecule has 1 heterocycles. The zero-order chi connectivity index (χ0) is 13.9. The number of methoxy groups -OCH3 is 1. The molecule has 1 aliphatic carbocycles. The van der Waals surface area contributed by atoms with Gasteiger partial charge in [-0.05, 0) is 24.0 Å². The van der Waals surface area contributed by atoms with Crippen LogP contribution in [0.4, 0.5) is 0 Å². The summed E-state index contributed by atoms with van der Waals surface area (Å²) in [5.74, 6) is -0.0392. The molecular weight excluding hydrogens is 272 g/mol. The van der Waals surface area contributed by atoms with Crippen molar-refractivity contribution in [2.45, 2.75) is 25.5 Å². The van der Waals surface area contributed by atoms with E-state index in [1.54, 1.807) is 13.3 Å². The average molecular weight is 288 g/mol. The van der Waals surface area contributed by atoms with Crippen LogP contribution in [0.25, 0.3) is 0 Å². The Morgan fingerprint density at radius 3 is 2.75 bits per heavy atom. The number of carbonyl (C=O) groups excluding carboxylic acids is 1. The predicted molar refractivity (Wildman–Crippen MR) is 77.9 cm³/mol. The van der Waals surface area contributed by atoms with Crippen molar-refractivity contribution in [1.82, 2.24) is 10.3 Å². The smallest absolute Gasteiger partial charge is 0.263 e. The predicted octanol–water partition coefficient (Wildman–Crippen LogP) is 2.19. The second kappa shape index (κ2) is 5.73. The molecule has 0 atom stereocenters. The van der Waals surface area contributed by atoms with Gasteiger partial charge in [-0.15, -0.1) is 11.3 Å². The number of nitrogens with one attached hydrogen (secondary N) is 1. The van der Waals surface area contributed by atoms with E-state index in [2.05, 4.69) is 22.4 Å². The van der Waals surface area contributed by atoms with E-state index in [-0.39, 0.29) is 11.9 Å². The van der Waals surface area contributed by atoms with Crippen molar-refractivity contribution in [3.8, 4) is 0 Å². The number of ether oxygens (including phenoxy) is 1. The van der Waals surface area contributed by atoms with Crippen LogP contribution in [0, 0.1) is 0 Å². The van der Waals surface area contributed by atoms with Gasteiger partial charge >= 0.3 is 0 Å². The van der Waals surface area contributed by atoms with Crippen molar-refractivity contribution in [3.63, 3.8) is 0 Å². The highest BCUT2D eigenvalue weighted by Gasteiger charge is 2.23. The topological polar surface area (TPSA) is 51.2 Å². The third-order valence-corrected chi connectivity index (χ3v) is 4.40. The molecule has 1 aromatic heterocycles. The molecule has 1 aliphatic rings. The first-order chi connectivity index (χ1) is 9.76. The summed E-state index contributed by atoms with van der Waals surface area (Å²) in [5, 5.41) is 3.91. The number of nitrogens with zero attached hydrogens (tertiary/aromatic N) is 1. The van der Waals surface area contributed by atoms with Gasteiger partial charge in [0.2, 0.25) is 0 Å². The number of benzene rings is 1. The monoisotopic (exact) mass is 288 g/mol. The van der Waals surface area contributed by atoms with Crippen molar-refractivity contribution >= 4 is 17.2 Å². The Balaban J connectivity index is 1.62. The van der Waals surface area contributed by atoms with Gasteiger partial charge in [0, 0.05) is 13.2 Å². The van der Waals surface area contributed by atoms with Crippen LogP contribution in [0.2, 0.25) is 0 Å². The molecule has 0 saturated carbocycles. The minimum Gasteiger partial charge on any atom is -0.378 e. The second-order valence-electron chi connectivity index (χ2n) is 4.90. The first kappa shape index (κ1) is 13.3. The summed E-state index contributed by atoms with van der Waals surface area (Å²) in [5.41, 5.74) is 2.67. The van der Waals surface area contributed by atoms with Gasteiger partial charge in [-0.2, -0.15) is 0 Å². The summed E-state index contributed by atoms with van der Waals surface area (Å²) in [6.45, 7) is 0.451. The quantitative estimate of drug-likeness (QED) is 0.938. The summed E-state index contributed by atoms with van der Waals surface area (Å²) in [6, 6.07) is 8.54. The zero-order valence-electron chi connectivity index (χ0n) is 11.3. The molecule has 104 valence electrons. The SMILES string of the molecule is COCc1ncc(C(=O)NC2Cc3ccccc3C2)s1. The lowest BCUT2D eigenvalue weighted by Gasteiger charge is -2.10. The van der Waals surface area contributed by atoms with Gasteiger partial charge in [0.05, 0.1) is 12.8 Å². The maximum atomic E-state index is 12.2. The van der Waals surface area contributed by atoms with Crippen molar-refractivity contribution in [1.29, 1.82) is 0 Å². The fraction of sp³-hybridized carbons (Fsp3) is 0.333. The van der Waals surface area contributed by atoms with Gasteiger partial charge in [0.15, 0.2) is 0 Å². The van der Waals surface area contributed by atoms with Gasteiger partial charge in [0.25, 0.3) is 5.91 Å². The molecule has 0 unspecified atom stereocenters. The molecule has 1 amide bonds. The highest BCUT2D eigenvalue weighted by Crippen LogP contribution is 2.22. The Morgan fingerprint density at radius 2 is 2.10 bits per heavy atom. The Bertz CT molecular complexity index is 599. The van der Waals surface area contributed by atoms with Crippen LogP contribution in [0.1, 0.15) is 25.8 Å². The van der Waals surface area contributed by atoms with Gasteiger partial charge in [-0.25, -0.2) is 4.98 Å². The fourth-order valence-electron chi connectivity index (χ4n) is 2.52. The molecule has 0 bridgehead atoms. The molecule has 0 spiro atoms. The molecule has 5 heteroatoms. The lowest BCUT2D eigenvalue weighted by molar-refractivity contribution is 0.0942. The first-order valence-corrected chi connectivity index (χ1v) is 7.39. The Kier molecular flexibility index (Phi) is 3.80. The Morgan fingerprint density at radius 1 is 1.40 bits per heavy atom. The zero-order valence-corrected chi connectivity index (χ0v) is 12.1. The molecule has 4 nitrogen and oxygen atoms in total. The standard InChI is InChI=1S/C15H16N2O2S/c1-19-9-14-16-8-13(20-14)15(18)17-12-6-10-4-2-3-5-11(10)7-12/h2-5,8,12H,6-7,9H2,1H3,(H,17,18). The third-order valence-electron chi connectivity index (χ3n) is 3.43. The molecule has 1 aromatic carbocycles. The van der Waals surface area contributed by atoms with Crippen molar-refractivity contribution < 1.29 is 9.53 Å². The summed E-state index contributed by atoms with van der Waals surface area (Å²) in [7, 11) is 1.62. The maximum Gasteiger partial charge on any atom is 0.263 e. The number of hydrogen-bond acceptors (Lipinski definition) is 4. The molecule has 0 fully saturated rings. The van der Waals surface area contributed by atoms with Gasteiger partial charge in [-0.3, -0.25) is 4.79 Å². The van der Waals surface area contributed by atoms with E-state index in [0.717, 1.165) is 17.8 Å². The van der Waals surface area contributed by atoms with Crippen LogP contribution in [0.3, 0.4) is 0 Å². The summed E-state index contributed by atoms with van der Waals surface area (Å²) >= 11 is 1.38. The van der Waals surface area contributed by atoms with E-state index in [1.165, 1.54) is 22.5 Å². The number of aromatic nitrogens is 1. The Hall–Kier alpha value is -1.72. The molecule has 3 rings (SSSR count). The minimum atomic E-state index is -0.0392. The number of thiazole rings is 1. The summed E-state index contributed by atoms with van der Waals surface area (Å²) in [4.78, 5) is 17.0. The van der Waals surface area contributed by atoms with Gasteiger partial charge in [0.1, 0.15) is 9.88 Å². The van der Waals surface area contributed by atoms with Crippen LogP contribution in [-0.4, -0.2) is 24.0 Å². The summed E-state index contributed by atoms with van der Waals surface area (Å²) < 4.78 is 5.01. The average Bonchev–Trinajstić information content (AvgIpc) is 3.04. The van der Waals surface area contributed by atoms with E-state index < -0.39 is 0 Å². The van der Waals surface area contributed by atoms with E-state index in [0.29, 0.717) is 11.5 Å². The van der Waals surface area contributed by atoms with Crippen molar-refractivity contribution in [2.24, 2.45) is 0 Å². The fourth-order valence-corrected chi connectivity index (χ4v) is 3.32. The molecule has 0 radical (unpaired) electrons. The third kappa shape index (κ3) is 2.73. The molecule has 1 N–H and O–H groups in total. The van der Waals surface area contributed by atoms with Gasteiger partial charge < -0.3 is 10.1 Å². The van der Waals surface area contributed by atoms with Gasteiger partial charge in [-0.1, -0.05) is 24.3 Å². The normalized spacial score (nSPS) is 14.2. The molecule has 2 aromatic rings. The Labute approximate surface area is 121 Å². The van der Waals surface area contributed by atoms with Crippen molar-refractivity contribution in [3.05, 3.63) is 51.5 Å². The molecule has 20 heavy (non-hydrogen) atoms. The number of amides is 1. The van der Waals surface area contributed by atoms with E-state index in [9.17, 15) is 4.79 Å². The van der Waals surface area contributed by atoms with E-state index in [1.807, 2.05) is 12.1 Å². The first-order valence-electron chi connectivity index (χ1n) is 6.57. The second-order valence-corrected chi connectivity index (χ2v) is 6.01. The van der Waals surface area contributed by atoms with E-state index >= 15 is 0 Å². The largest absolute Gasteiger partial charge is 0.378 e. The number of hydrogen-bond donors (Lipinski definition) is 1. The lowest BCUT2D eigenvalue weighted by Crippen LogP contribution is -2.34. The number of fused-ring (bicyclic) bond motifs is 1. The van der Waals surface area contributed by atoms with Crippen LogP contribution in [0.5, 0.6) is 0 Å². The minimum absolute atomic E-state index is 0.0392. The summed E-state index contributed by atoms with van der Waals surface area (Å²) in [6.07, 6.45) is 3.44. The highest BCUT2D eigenvalue weighted by atomic mass is 32.1. The van der Waals surface area contributed by atoms with Crippen LogP contribution < -0.4 is 5.32 Å². The van der Waals surface area contributed by atoms with E-state index in [4.69, 9.17) is 4.74 Å². The number of carbonyl (C=O) groups is 1. The maximum absolute atomic E-state index is 12.2.